The van der Waals surface area contributed by atoms with Crippen molar-refractivity contribution in [1.82, 2.24) is 19.9 Å². The van der Waals surface area contributed by atoms with E-state index in [9.17, 15) is 14.4 Å². The van der Waals surface area contributed by atoms with E-state index in [1.807, 2.05) is 0 Å². The molecule has 2 aromatic heterocycles. The van der Waals surface area contributed by atoms with E-state index in [-0.39, 0.29) is 16.6 Å². The third-order valence-corrected chi connectivity index (χ3v) is 5.44. The van der Waals surface area contributed by atoms with Crippen molar-refractivity contribution in [3.05, 3.63) is 63.6 Å². The lowest BCUT2D eigenvalue weighted by molar-refractivity contribution is -0.135. The zero-order valence-electron chi connectivity index (χ0n) is 16.4. The molecule has 0 bridgehead atoms. The predicted octanol–water partition coefficient (Wildman–Crippen LogP) is 2.43. The van der Waals surface area contributed by atoms with Gasteiger partial charge in [-0.15, -0.1) is 11.8 Å². The zero-order chi connectivity index (χ0) is 21.2. The van der Waals surface area contributed by atoms with Crippen molar-refractivity contribution >= 4 is 29.3 Å². The fourth-order valence-corrected chi connectivity index (χ4v) is 3.76. The van der Waals surface area contributed by atoms with Crippen LogP contribution in [-0.2, 0) is 16.0 Å². The number of carbonyl (C=O) groups excluding carboxylic acids is 1. The molecule has 0 radical (unpaired) electrons. The van der Waals surface area contributed by atoms with E-state index >= 15 is 0 Å². The molecule has 3 rings (SSSR count). The third-order valence-electron chi connectivity index (χ3n) is 4.36. The van der Waals surface area contributed by atoms with Crippen LogP contribution in [0.1, 0.15) is 42.3 Å². The van der Waals surface area contributed by atoms with Gasteiger partial charge in [-0.1, -0.05) is 45.0 Å². The summed E-state index contributed by atoms with van der Waals surface area (Å²) in [4.78, 5) is 39.5. The summed E-state index contributed by atoms with van der Waals surface area (Å²) < 4.78 is 1.55. The molecule has 0 saturated carbocycles. The van der Waals surface area contributed by atoms with Gasteiger partial charge in [0.15, 0.2) is 11.1 Å². The molecule has 0 saturated heterocycles. The highest BCUT2D eigenvalue weighted by molar-refractivity contribution is 7.98. The van der Waals surface area contributed by atoms with Crippen LogP contribution in [0.15, 0.2) is 46.5 Å². The second-order valence-corrected chi connectivity index (χ2v) is 8.58. The third kappa shape index (κ3) is 4.68. The molecule has 0 aliphatic heterocycles. The summed E-state index contributed by atoms with van der Waals surface area (Å²) >= 11 is 1.44. The van der Waals surface area contributed by atoms with E-state index in [0.717, 1.165) is 5.56 Å². The molecule has 0 atom stereocenters. The number of hydrogen-bond acceptors (Lipinski definition) is 5. The first-order chi connectivity index (χ1) is 13.7. The van der Waals surface area contributed by atoms with Gasteiger partial charge in [-0.05, 0) is 16.5 Å². The molecule has 0 unspecified atom stereocenters. The summed E-state index contributed by atoms with van der Waals surface area (Å²) in [5.74, 6) is -1.33. The highest BCUT2D eigenvalue weighted by Crippen LogP contribution is 2.26. The summed E-state index contributed by atoms with van der Waals surface area (Å²) in [7, 11) is 0. The Kier molecular flexibility index (Phi) is 5.78. The van der Waals surface area contributed by atoms with E-state index in [4.69, 9.17) is 5.11 Å². The molecule has 152 valence electrons. The van der Waals surface area contributed by atoms with Crippen LogP contribution < -0.4 is 10.7 Å². The maximum Gasteiger partial charge on any atom is 0.322 e. The van der Waals surface area contributed by atoms with E-state index in [1.54, 1.807) is 4.52 Å². The van der Waals surface area contributed by atoms with Crippen molar-refractivity contribution in [2.45, 2.75) is 37.0 Å². The largest absolute Gasteiger partial charge is 0.480 e. The summed E-state index contributed by atoms with van der Waals surface area (Å²) in [6, 6.07) is 9.69. The fourth-order valence-electron chi connectivity index (χ4n) is 2.79. The molecule has 3 aromatic rings. The van der Waals surface area contributed by atoms with Gasteiger partial charge in [0.05, 0.1) is 0 Å². The second-order valence-electron chi connectivity index (χ2n) is 7.58. The SMILES string of the molecule is CC(C)(C)c1ccc(CSc2cc(=O)c(C(=O)NCC(=O)O)c3nc[nH]n23)cc1. The van der Waals surface area contributed by atoms with Gasteiger partial charge in [-0.3, -0.25) is 19.5 Å². The van der Waals surface area contributed by atoms with Crippen molar-refractivity contribution in [2.75, 3.05) is 6.54 Å². The Balaban J connectivity index is 1.83. The molecule has 0 aliphatic rings. The first-order valence-corrected chi connectivity index (χ1v) is 9.97. The molecule has 1 aromatic carbocycles. The summed E-state index contributed by atoms with van der Waals surface area (Å²) in [5.41, 5.74) is 1.89. The number of thioether (sulfide) groups is 1. The number of fused-ring (bicyclic) bond motifs is 1. The Morgan fingerprint density at radius 3 is 2.55 bits per heavy atom. The minimum absolute atomic E-state index is 0.0815. The lowest BCUT2D eigenvalue weighted by atomic mass is 9.87. The molecule has 0 fully saturated rings. The number of carbonyl (C=O) groups is 2. The number of nitrogens with one attached hydrogen (secondary N) is 2. The first-order valence-electron chi connectivity index (χ1n) is 8.98. The number of pyridine rings is 1. The molecular formula is C20H22N4O4S. The first kappa shape index (κ1) is 20.7. The maximum atomic E-state index is 12.5. The monoisotopic (exact) mass is 414 g/mol. The lowest BCUT2D eigenvalue weighted by Gasteiger charge is -2.19. The summed E-state index contributed by atoms with van der Waals surface area (Å²) in [6.07, 6.45) is 1.38. The molecular weight excluding hydrogens is 392 g/mol. The van der Waals surface area contributed by atoms with Gasteiger partial charge in [0.25, 0.3) is 5.91 Å². The standard InChI is InChI=1S/C20H22N4O4S/c1-20(2,3)13-6-4-12(5-7-13)10-29-15-8-14(25)17(18-22-11-23-24(15)18)19(28)21-9-16(26)27/h4-8,11H,9-10H2,1-3H3,(H,21,28)(H,22,23)(H,26,27). The summed E-state index contributed by atoms with van der Waals surface area (Å²) in [5, 5.41) is 14.4. The molecule has 8 nitrogen and oxygen atoms in total. The van der Waals surface area contributed by atoms with Gasteiger partial charge < -0.3 is 10.4 Å². The van der Waals surface area contributed by atoms with Gasteiger partial charge in [0.1, 0.15) is 23.5 Å². The van der Waals surface area contributed by atoms with Crippen LogP contribution in [0.25, 0.3) is 5.65 Å². The van der Waals surface area contributed by atoms with Gasteiger partial charge in [-0.25, -0.2) is 9.50 Å². The van der Waals surface area contributed by atoms with Crippen molar-refractivity contribution in [1.29, 1.82) is 0 Å². The quantitative estimate of drug-likeness (QED) is 0.534. The number of carboxylic acid groups (broad SMARTS) is 1. The van der Waals surface area contributed by atoms with Gasteiger partial charge in [-0.2, -0.15) is 0 Å². The van der Waals surface area contributed by atoms with E-state index in [2.05, 4.69) is 60.4 Å². The average Bonchev–Trinajstić information content (AvgIpc) is 3.13. The van der Waals surface area contributed by atoms with Crippen LogP contribution in [0.3, 0.4) is 0 Å². The molecule has 0 aliphatic carbocycles. The van der Waals surface area contributed by atoms with E-state index in [0.29, 0.717) is 10.8 Å². The molecule has 3 N–H and O–H groups in total. The van der Waals surface area contributed by atoms with Crippen LogP contribution in [0, 0.1) is 0 Å². The zero-order valence-corrected chi connectivity index (χ0v) is 17.2. The molecule has 1 amide bonds. The number of aromatic amines is 1. The number of nitrogens with zero attached hydrogens (tertiary/aromatic N) is 2. The predicted molar refractivity (Wildman–Crippen MR) is 110 cm³/mol. The highest BCUT2D eigenvalue weighted by Gasteiger charge is 2.20. The Bertz CT molecular complexity index is 1110. The van der Waals surface area contributed by atoms with Crippen LogP contribution in [0.4, 0.5) is 0 Å². The van der Waals surface area contributed by atoms with Crippen LogP contribution in [0.2, 0.25) is 0 Å². The van der Waals surface area contributed by atoms with Crippen LogP contribution in [0.5, 0.6) is 0 Å². The normalized spacial score (nSPS) is 11.6. The van der Waals surface area contributed by atoms with Gasteiger partial charge >= 0.3 is 5.97 Å². The molecule has 0 spiro atoms. The highest BCUT2D eigenvalue weighted by atomic mass is 32.2. The molecule has 9 heteroatoms. The Hall–Kier alpha value is -3.07. The molecule has 2 heterocycles. The minimum Gasteiger partial charge on any atom is -0.480 e. The van der Waals surface area contributed by atoms with Crippen molar-refractivity contribution in [2.24, 2.45) is 0 Å². The van der Waals surface area contributed by atoms with Crippen molar-refractivity contribution in [3.8, 4) is 0 Å². The molecule has 29 heavy (non-hydrogen) atoms. The summed E-state index contributed by atoms with van der Waals surface area (Å²) in [6.45, 7) is 5.90. The smallest absolute Gasteiger partial charge is 0.322 e. The number of benzene rings is 1. The Labute approximate surface area is 171 Å². The second kappa shape index (κ2) is 8.12. The van der Waals surface area contributed by atoms with Crippen LogP contribution in [-0.4, -0.2) is 38.1 Å². The van der Waals surface area contributed by atoms with E-state index in [1.165, 1.54) is 29.7 Å². The average molecular weight is 414 g/mol. The number of rotatable bonds is 6. The van der Waals surface area contributed by atoms with Gasteiger partial charge in [0, 0.05) is 11.8 Å². The van der Waals surface area contributed by atoms with E-state index < -0.39 is 23.9 Å². The minimum atomic E-state index is -1.19. The number of aliphatic carboxylic acids is 1. The maximum absolute atomic E-state index is 12.5. The Morgan fingerprint density at radius 1 is 1.24 bits per heavy atom. The lowest BCUT2D eigenvalue weighted by Crippen LogP contribution is -2.33. The fraction of sp³-hybridized carbons (Fsp3) is 0.300. The number of carboxylic acids is 1. The number of hydrogen-bond donors (Lipinski definition) is 3. The van der Waals surface area contributed by atoms with Crippen molar-refractivity contribution in [3.63, 3.8) is 0 Å². The van der Waals surface area contributed by atoms with Crippen LogP contribution >= 0.6 is 11.8 Å². The topological polar surface area (TPSA) is 117 Å². The van der Waals surface area contributed by atoms with Crippen molar-refractivity contribution < 1.29 is 14.7 Å². The van der Waals surface area contributed by atoms with Gasteiger partial charge in [0.2, 0.25) is 0 Å². The number of aromatic nitrogens is 3. The Morgan fingerprint density at radius 2 is 1.93 bits per heavy atom. The number of amides is 1. The number of H-pyrrole nitrogens is 1.